The fourth-order valence-electron chi connectivity index (χ4n) is 1.24. The van der Waals surface area contributed by atoms with Gasteiger partial charge in [0.15, 0.2) is 6.04 Å². The Morgan fingerprint density at radius 3 is 2.74 bits per heavy atom. The molecular formula is C11H12BrClN2O4. The topological polar surface area (TPSA) is 87.7 Å². The molecule has 19 heavy (non-hydrogen) atoms. The summed E-state index contributed by atoms with van der Waals surface area (Å²) in [6.45, 7) is -0.118. The molecule has 0 aromatic heterocycles. The number of hydrogen-bond donors (Lipinski definition) is 3. The monoisotopic (exact) mass is 350 g/mol. The SMILES string of the molecule is COCC(NC(=O)Nc1ccc(Cl)c(Br)c1)C(=O)O. The Kier molecular flexibility index (Phi) is 6.07. The number of hydrogen-bond acceptors (Lipinski definition) is 3. The van der Waals surface area contributed by atoms with Crippen LogP contribution in [0.15, 0.2) is 22.7 Å². The van der Waals surface area contributed by atoms with Gasteiger partial charge in [0.2, 0.25) is 0 Å². The molecule has 1 unspecified atom stereocenters. The first-order valence-electron chi connectivity index (χ1n) is 5.18. The molecule has 0 heterocycles. The number of anilines is 1. The average molecular weight is 352 g/mol. The molecule has 6 nitrogen and oxygen atoms in total. The molecule has 3 N–H and O–H groups in total. The van der Waals surface area contributed by atoms with E-state index >= 15 is 0 Å². The highest BCUT2D eigenvalue weighted by molar-refractivity contribution is 9.10. The molecule has 0 bridgehead atoms. The molecule has 0 aliphatic heterocycles. The van der Waals surface area contributed by atoms with Crippen molar-refractivity contribution in [2.45, 2.75) is 6.04 Å². The Hall–Kier alpha value is -1.31. The van der Waals surface area contributed by atoms with E-state index in [0.29, 0.717) is 15.2 Å². The number of nitrogens with one attached hydrogen (secondary N) is 2. The van der Waals surface area contributed by atoms with Crippen molar-refractivity contribution in [3.8, 4) is 0 Å². The summed E-state index contributed by atoms with van der Waals surface area (Å²) in [6, 6.07) is 3.05. The first kappa shape index (κ1) is 15.7. The zero-order valence-electron chi connectivity index (χ0n) is 9.94. The van der Waals surface area contributed by atoms with Gasteiger partial charge in [-0.1, -0.05) is 11.6 Å². The van der Waals surface area contributed by atoms with Crippen LogP contribution in [-0.2, 0) is 9.53 Å². The molecule has 0 radical (unpaired) electrons. The summed E-state index contributed by atoms with van der Waals surface area (Å²) in [6.07, 6.45) is 0. The largest absolute Gasteiger partial charge is 0.480 e. The van der Waals surface area contributed by atoms with Crippen molar-refractivity contribution in [2.75, 3.05) is 19.0 Å². The van der Waals surface area contributed by atoms with E-state index < -0.39 is 18.0 Å². The van der Waals surface area contributed by atoms with Crippen molar-refractivity contribution in [3.05, 3.63) is 27.7 Å². The molecular weight excluding hydrogens is 339 g/mol. The molecule has 8 heteroatoms. The Labute approximate surface area is 123 Å². The van der Waals surface area contributed by atoms with Crippen LogP contribution in [0.1, 0.15) is 0 Å². The third-order valence-electron chi connectivity index (χ3n) is 2.11. The summed E-state index contributed by atoms with van der Waals surface area (Å²) >= 11 is 9.03. The van der Waals surface area contributed by atoms with Crippen LogP contribution in [0.3, 0.4) is 0 Å². The lowest BCUT2D eigenvalue weighted by Crippen LogP contribution is -2.45. The number of rotatable bonds is 5. The Morgan fingerprint density at radius 1 is 1.53 bits per heavy atom. The second-order valence-electron chi connectivity index (χ2n) is 3.57. The van der Waals surface area contributed by atoms with Crippen LogP contribution in [0.25, 0.3) is 0 Å². The van der Waals surface area contributed by atoms with Gasteiger partial charge in [-0.25, -0.2) is 9.59 Å². The second-order valence-corrected chi connectivity index (χ2v) is 4.84. The third-order valence-corrected chi connectivity index (χ3v) is 3.33. The molecule has 1 atom stereocenters. The van der Waals surface area contributed by atoms with E-state index in [1.807, 2.05) is 0 Å². The molecule has 0 aliphatic rings. The molecule has 1 aromatic carbocycles. The summed E-state index contributed by atoms with van der Waals surface area (Å²) in [5.41, 5.74) is 0.482. The maximum absolute atomic E-state index is 11.6. The highest BCUT2D eigenvalue weighted by Gasteiger charge is 2.19. The quantitative estimate of drug-likeness (QED) is 0.760. The fourth-order valence-corrected chi connectivity index (χ4v) is 1.74. The van der Waals surface area contributed by atoms with E-state index in [0.717, 1.165) is 0 Å². The fraction of sp³-hybridized carbons (Fsp3) is 0.273. The smallest absolute Gasteiger partial charge is 0.328 e. The molecule has 1 aromatic rings. The molecule has 1 rings (SSSR count). The van der Waals surface area contributed by atoms with Crippen LogP contribution < -0.4 is 10.6 Å². The molecule has 0 spiro atoms. The number of urea groups is 1. The zero-order chi connectivity index (χ0) is 14.4. The van der Waals surface area contributed by atoms with Gasteiger partial charge in [-0.3, -0.25) is 0 Å². The highest BCUT2D eigenvalue weighted by Crippen LogP contribution is 2.25. The molecule has 0 saturated heterocycles. The van der Waals surface area contributed by atoms with Crippen molar-refractivity contribution < 1.29 is 19.4 Å². The molecule has 0 saturated carbocycles. The summed E-state index contributed by atoms with van der Waals surface area (Å²) in [5, 5.41) is 14.1. The van der Waals surface area contributed by atoms with Crippen LogP contribution in [0, 0.1) is 0 Å². The highest BCUT2D eigenvalue weighted by atomic mass is 79.9. The van der Waals surface area contributed by atoms with Crippen LogP contribution in [0.5, 0.6) is 0 Å². The minimum atomic E-state index is -1.17. The lowest BCUT2D eigenvalue weighted by molar-refractivity contribution is -0.140. The number of carboxylic acid groups (broad SMARTS) is 1. The first-order chi connectivity index (χ1) is 8.93. The number of carboxylic acids is 1. The van der Waals surface area contributed by atoms with E-state index in [4.69, 9.17) is 21.4 Å². The van der Waals surface area contributed by atoms with Gasteiger partial charge < -0.3 is 20.5 Å². The van der Waals surface area contributed by atoms with E-state index in [2.05, 4.69) is 26.6 Å². The van der Waals surface area contributed by atoms with Gasteiger partial charge in [0, 0.05) is 17.3 Å². The van der Waals surface area contributed by atoms with Gasteiger partial charge >= 0.3 is 12.0 Å². The lowest BCUT2D eigenvalue weighted by atomic mass is 10.3. The van der Waals surface area contributed by atoms with E-state index in [-0.39, 0.29) is 6.61 Å². The van der Waals surface area contributed by atoms with Crippen molar-refractivity contribution in [3.63, 3.8) is 0 Å². The van der Waals surface area contributed by atoms with Crippen molar-refractivity contribution in [1.82, 2.24) is 5.32 Å². The van der Waals surface area contributed by atoms with Crippen LogP contribution in [0.2, 0.25) is 5.02 Å². The minimum Gasteiger partial charge on any atom is -0.480 e. The summed E-state index contributed by atoms with van der Waals surface area (Å²) in [7, 11) is 1.35. The van der Waals surface area contributed by atoms with E-state index in [9.17, 15) is 9.59 Å². The number of carbonyl (C=O) groups is 2. The van der Waals surface area contributed by atoms with Gasteiger partial charge in [-0.2, -0.15) is 0 Å². The number of carbonyl (C=O) groups excluding carboxylic acids is 1. The first-order valence-corrected chi connectivity index (χ1v) is 6.35. The number of methoxy groups -OCH3 is 1. The summed E-state index contributed by atoms with van der Waals surface area (Å²) < 4.78 is 5.33. The normalized spacial score (nSPS) is 11.7. The van der Waals surface area contributed by atoms with Gasteiger partial charge in [0.1, 0.15) is 0 Å². The Morgan fingerprint density at radius 2 is 2.21 bits per heavy atom. The summed E-state index contributed by atoms with van der Waals surface area (Å²) in [4.78, 5) is 22.4. The number of halogens is 2. The second kappa shape index (κ2) is 7.32. The van der Waals surface area contributed by atoms with Gasteiger partial charge in [0.25, 0.3) is 0 Å². The molecule has 0 aliphatic carbocycles. The maximum Gasteiger partial charge on any atom is 0.328 e. The number of ether oxygens (including phenoxy) is 1. The molecule has 2 amide bonds. The van der Waals surface area contributed by atoms with Crippen molar-refractivity contribution >= 4 is 45.2 Å². The summed E-state index contributed by atoms with van der Waals surface area (Å²) in [5.74, 6) is -1.17. The van der Waals surface area contributed by atoms with Crippen LogP contribution in [-0.4, -0.2) is 36.9 Å². The van der Waals surface area contributed by atoms with Crippen molar-refractivity contribution in [1.29, 1.82) is 0 Å². The number of aliphatic carboxylic acids is 1. The number of amides is 2. The van der Waals surface area contributed by atoms with Gasteiger partial charge in [0.05, 0.1) is 11.6 Å². The van der Waals surface area contributed by atoms with Crippen LogP contribution in [0.4, 0.5) is 10.5 Å². The third kappa shape index (κ3) is 5.06. The average Bonchev–Trinajstić information content (AvgIpc) is 2.33. The lowest BCUT2D eigenvalue weighted by Gasteiger charge is -2.14. The Bertz CT molecular complexity index is 484. The Balaban J connectivity index is 2.63. The predicted octanol–water partition coefficient (Wildman–Crippen LogP) is 2.32. The molecule has 0 fully saturated rings. The van der Waals surface area contributed by atoms with Crippen LogP contribution >= 0.6 is 27.5 Å². The maximum atomic E-state index is 11.6. The zero-order valence-corrected chi connectivity index (χ0v) is 12.3. The standard InChI is InChI=1S/C11H12BrClN2O4/c1-19-5-9(10(16)17)15-11(18)14-6-2-3-8(13)7(12)4-6/h2-4,9H,5H2,1H3,(H,16,17)(H2,14,15,18). The predicted molar refractivity (Wildman–Crippen MR) is 74.6 cm³/mol. The van der Waals surface area contributed by atoms with Gasteiger partial charge in [-0.05, 0) is 34.1 Å². The van der Waals surface area contributed by atoms with E-state index in [1.54, 1.807) is 18.2 Å². The van der Waals surface area contributed by atoms with E-state index in [1.165, 1.54) is 7.11 Å². The minimum absolute atomic E-state index is 0.118. The number of benzene rings is 1. The van der Waals surface area contributed by atoms with Gasteiger partial charge in [-0.15, -0.1) is 0 Å². The molecule has 104 valence electrons. The van der Waals surface area contributed by atoms with Crippen molar-refractivity contribution in [2.24, 2.45) is 0 Å².